The second-order valence-corrected chi connectivity index (χ2v) is 13.2. The Labute approximate surface area is 266 Å². The van der Waals surface area contributed by atoms with Crippen molar-refractivity contribution in [2.24, 2.45) is 11.8 Å². The molecule has 2 atom stereocenters. The SMILES string of the molecule is CCOC(=O)c1c(NC(=O)COC(=O)[C@H](CC(C)C)N2C(=O)c3c(Cl)c(Cl)c(Cl)c(Cl)c3C2=O)sc2c1CC[C@H](C)C2. The smallest absolute Gasteiger partial charge is 0.341 e. The first kappa shape index (κ1) is 32.5. The molecule has 0 spiro atoms. The zero-order valence-corrected chi connectivity index (χ0v) is 27.0. The van der Waals surface area contributed by atoms with Gasteiger partial charge in [-0.1, -0.05) is 67.2 Å². The number of thiophene rings is 1. The van der Waals surface area contributed by atoms with E-state index in [9.17, 15) is 24.0 Å². The Morgan fingerprint density at radius 1 is 1.00 bits per heavy atom. The fourth-order valence-corrected chi connectivity index (χ4v) is 7.49. The Morgan fingerprint density at radius 2 is 1.60 bits per heavy atom. The van der Waals surface area contributed by atoms with Gasteiger partial charge in [0, 0.05) is 4.88 Å². The Hall–Kier alpha value is -2.37. The Bertz CT molecular complexity index is 1440. The first-order chi connectivity index (χ1) is 19.8. The molecule has 2 aromatic rings. The third-order valence-corrected chi connectivity index (χ3v) is 9.97. The lowest BCUT2D eigenvalue weighted by molar-refractivity contribution is -0.151. The summed E-state index contributed by atoms with van der Waals surface area (Å²) in [6.07, 6.45) is 2.41. The molecule has 1 aliphatic heterocycles. The summed E-state index contributed by atoms with van der Waals surface area (Å²) in [6.45, 7) is 6.84. The van der Waals surface area contributed by atoms with E-state index in [1.807, 2.05) is 0 Å². The summed E-state index contributed by atoms with van der Waals surface area (Å²) in [4.78, 5) is 67.4. The average Bonchev–Trinajstić information content (AvgIpc) is 3.40. The van der Waals surface area contributed by atoms with Gasteiger partial charge in [-0.3, -0.25) is 19.3 Å². The predicted octanol–water partition coefficient (Wildman–Crippen LogP) is 6.86. The molecular weight excluding hydrogens is 650 g/mol. The molecular formula is C28H28Cl4N2O7S. The second-order valence-electron chi connectivity index (χ2n) is 10.6. The van der Waals surface area contributed by atoms with E-state index >= 15 is 0 Å². The van der Waals surface area contributed by atoms with Crippen LogP contribution < -0.4 is 5.32 Å². The van der Waals surface area contributed by atoms with Crippen LogP contribution in [0.4, 0.5) is 5.00 Å². The zero-order chi connectivity index (χ0) is 31.0. The molecule has 1 aromatic carbocycles. The maximum Gasteiger partial charge on any atom is 0.341 e. The summed E-state index contributed by atoms with van der Waals surface area (Å²) in [5, 5.41) is 2.08. The van der Waals surface area contributed by atoms with Crippen LogP contribution in [0.25, 0.3) is 0 Å². The van der Waals surface area contributed by atoms with Gasteiger partial charge in [-0.15, -0.1) is 11.3 Å². The first-order valence-corrected chi connectivity index (χ1v) is 15.6. The molecule has 0 bridgehead atoms. The highest BCUT2D eigenvalue weighted by molar-refractivity contribution is 7.17. The van der Waals surface area contributed by atoms with E-state index in [0.717, 1.165) is 23.3 Å². The number of imide groups is 1. The van der Waals surface area contributed by atoms with Crippen molar-refractivity contribution in [1.82, 2.24) is 4.90 Å². The topological polar surface area (TPSA) is 119 Å². The average molecular weight is 678 g/mol. The molecule has 1 aromatic heterocycles. The maximum atomic E-state index is 13.4. The number of benzene rings is 1. The summed E-state index contributed by atoms with van der Waals surface area (Å²) < 4.78 is 10.5. The van der Waals surface area contributed by atoms with Gasteiger partial charge in [0.05, 0.1) is 43.4 Å². The number of esters is 2. The minimum atomic E-state index is -1.39. The number of nitrogens with one attached hydrogen (secondary N) is 1. The predicted molar refractivity (Wildman–Crippen MR) is 161 cm³/mol. The van der Waals surface area contributed by atoms with Crippen molar-refractivity contribution < 1.29 is 33.4 Å². The van der Waals surface area contributed by atoms with Gasteiger partial charge < -0.3 is 14.8 Å². The molecule has 42 heavy (non-hydrogen) atoms. The number of amides is 3. The highest BCUT2D eigenvalue weighted by atomic mass is 35.5. The Balaban J connectivity index is 1.54. The molecule has 3 amide bonds. The molecule has 0 saturated carbocycles. The molecule has 14 heteroatoms. The monoisotopic (exact) mass is 676 g/mol. The Morgan fingerprint density at radius 3 is 2.14 bits per heavy atom. The van der Waals surface area contributed by atoms with E-state index < -0.39 is 42.3 Å². The normalized spacial score (nSPS) is 16.8. The molecule has 2 heterocycles. The van der Waals surface area contributed by atoms with Gasteiger partial charge in [0.15, 0.2) is 6.61 Å². The standard InChI is InChI=1S/C28H28Cl4N2O7S/c1-5-40-28(39)17-13-7-6-12(4)9-15(13)42-24(17)33-16(35)10-41-27(38)14(8-11(2)3)34-25(36)18-19(26(34)37)21(30)23(32)22(31)20(18)29/h11-12,14H,5-10H2,1-4H3,(H,33,35)/t12-,14-/m0/s1. The van der Waals surface area contributed by atoms with Crippen LogP contribution >= 0.6 is 57.7 Å². The van der Waals surface area contributed by atoms with Gasteiger partial charge in [-0.05, 0) is 50.0 Å². The highest BCUT2D eigenvalue weighted by Gasteiger charge is 2.47. The van der Waals surface area contributed by atoms with E-state index in [1.165, 1.54) is 11.3 Å². The van der Waals surface area contributed by atoms with Crippen LogP contribution in [0.1, 0.15) is 82.1 Å². The number of carbonyl (C=O) groups is 5. The van der Waals surface area contributed by atoms with Gasteiger partial charge in [-0.2, -0.15) is 0 Å². The molecule has 2 aliphatic rings. The lowest BCUT2D eigenvalue weighted by Gasteiger charge is -2.25. The van der Waals surface area contributed by atoms with Gasteiger partial charge in [0.1, 0.15) is 11.0 Å². The molecule has 1 aliphatic carbocycles. The molecule has 9 nitrogen and oxygen atoms in total. The number of fused-ring (bicyclic) bond motifs is 2. The Kier molecular flexibility index (Phi) is 10.1. The van der Waals surface area contributed by atoms with E-state index in [2.05, 4.69) is 12.2 Å². The second kappa shape index (κ2) is 13.1. The molecule has 0 saturated heterocycles. The van der Waals surface area contributed by atoms with Crippen LogP contribution in [0, 0.1) is 11.8 Å². The number of anilines is 1. The van der Waals surface area contributed by atoms with Crippen molar-refractivity contribution in [1.29, 1.82) is 0 Å². The van der Waals surface area contributed by atoms with Crippen molar-refractivity contribution >= 4 is 92.4 Å². The fraction of sp³-hybridized carbons (Fsp3) is 0.464. The van der Waals surface area contributed by atoms with Crippen LogP contribution in [-0.2, 0) is 31.9 Å². The minimum Gasteiger partial charge on any atom is -0.462 e. The third kappa shape index (κ3) is 6.15. The molecule has 0 radical (unpaired) electrons. The maximum absolute atomic E-state index is 13.4. The van der Waals surface area contributed by atoms with Gasteiger partial charge in [0.2, 0.25) is 0 Å². The minimum absolute atomic E-state index is 0.0332. The van der Waals surface area contributed by atoms with Crippen molar-refractivity contribution in [2.75, 3.05) is 18.5 Å². The van der Waals surface area contributed by atoms with Gasteiger partial charge in [0.25, 0.3) is 17.7 Å². The highest BCUT2D eigenvalue weighted by Crippen LogP contribution is 2.45. The van der Waals surface area contributed by atoms with E-state index in [0.29, 0.717) is 27.8 Å². The summed E-state index contributed by atoms with van der Waals surface area (Å²) >= 11 is 26.0. The van der Waals surface area contributed by atoms with Crippen molar-refractivity contribution in [2.45, 2.75) is 59.4 Å². The quantitative estimate of drug-likeness (QED) is 0.133. The fourth-order valence-electron chi connectivity index (χ4n) is 5.06. The number of hydrogen-bond acceptors (Lipinski definition) is 8. The molecule has 226 valence electrons. The summed E-state index contributed by atoms with van der Waals surface area (Å²) in [6, 6.07) is -1.39. The van der Waals surface area contributed by atoms with Gasteiger partial charge in [-0.25, -0.2) is 9.59 Å². The van der Waals surface area contributed by atoms with E-state index in [-0.39, 0.29) is 50.2 Å². The lowest BCUT2D eigenvalue weighted by atomic mass is 9.88. The lowest BCUT2D eigenvalue weighted by Crippen LogP contribution is -2.47. The largest absolute Gasteiger partial charge is 0.462 e. The zero-order valence-electron chi connectivity index (χ0n) is 23.2. The molecule has 0 fully saturated rings. The van der Waals surface area contributed by atoms with Crippen molar-refractivity contribution in [3.8, 4) is 0 Å². The van der Waals surface area contributed by atoms with Gasteiger partial charge >= 0.3 is 11.9 Å². The number of hydrogen-bond donors (Lipinski definition) is 1. The van der Waals surface area contributed by atoms with Crippen molar-refractivity contribution in [3.63, 3.8) is 0 Å². The molecule has 1 N–H and O–H groups in total. The summed E-state index contributed by atoms with van der Waals surface area (Å²) in [5.74, 6) is -3.70. The summed E-state index contributed by atoms with van der Waals surface area (Å²) in [7, 11) is 0. The number of nitrogens with zero attached hydrogens (tertiary/aromatic N) is 1. The molecule has 4 rings (SSSR count). The number of ether oxygens (including phenoxy) is 2. The number of carbonyl (C=O) groups excluding carboxylic acids is 5. The first-order valence-electron chi connectivity index (χ1n) is 13.3. The van der Waals surface area contributed by atoms with Crippen LogP contribution in [0.2, 0.25) is 20.1 Å². The van der Waals surface area contributed by atoms with Crippen LogP contribution in [0.15, 0.2) is 0 Å². The van der Waals surface area contributed by atoms with E-state index in [1.54, 1.807) is 20.8 Å². The van der Waals surface area contributed by atoms with Crippen molar-refractivity contribution in [3.05, 3.63) is 47.2 Å². The number of rotatable bonds is 9. The number of halogens is 4. The molecule has 0 unspecified atom stereocenters. The van der Waals surface area contributed by atoms with Crippen LogP contribution in [0.5, 0.6) is 0 Å². The third-order valence-electron chi connectivity index (χ3n) is 7.00. The van der Waals surface area contributed by atoms with Crippen LogP contribution in [0.3, 0.4) is 0 Å². The summed E-state index contributed by atoms with van der Waals surface area (Å²) in [5.41, 5.74) is 0.660. The van der Waals surface area contributed by atoms with Crippen LogP contribution in [-0.4, -0.2) is 53.8 Å². The van der Waals surface area contributed by atoms with E-state index in [4.69, 9.17) is 55.9 Å².